The fraction of sp³-hybridized carbons (Fsp3) is 0.500. The van der Waals surface area contributed by atoms with Crippen LogP contribution in [0.25, 0.3) is 0 Å². The van der Waals surface area contributed by atoms with Gasteiger partial charge in [0.2, 0.25) is 0 Å². The maximum atomic E-state index is 11.4. The minimum atomic E-state index is -0.534. The normalized spacial score (nSPS) is 21.9. The van der Waals surface area contributed by atoms with Crippen molar-refractivity contribution in [3.8, 4) is 11.5 Å². The molecular weight excluding hydrogens is 300 g/mol. The molecule has 1 heterocycles. The molecule has 0 spiro atoms. The molecule has 2 unspecified atom stereocenters. The molecule has 0 saturated carbocycles. The zero-order valence-electron chi connectivity index (χ0n) is 13.5. The highest BCUT2D eigenvalue weighted by atomic mass is 16.6. The van der Waals surface area contributed by atoms with Gasteiger partial charge in [-0.1, -0.05) is 5.16 Å². The number of hydrogen-bond donors (Lipinski definition) is 2. The van der Waals surface area contributed by atoms with Gasteiger partial charge >= 0.3 is 5.97 Å². The van der Waals surface area contributed by atoms with Gasteiger partial charge in [-0.2, -0.15) is 0 Å². The number of likely N-dealkylation sites (tertiary alicyclic amines) is 1. The van der Waals surface area contributed by atoms with Gasteiger partial charge in [0, 0.05) is 25.5 Å². The predicted octanol–water partition coefficient (Wildman–Crippen LogP) is 2.28. The molecule has 7 nitrogen and oxygen atoms in total. The van der Waals surface area contributed by atoms with E-state index in [0.29, 0.717) is 24.6 Å². The first kappa shape index (κ1) is 16.9. The molecule has 1 fully saturated rings. The first-order valence-electron chi connectivity index (χ1n) is 7.45. The van der Waals surface area contributed by atoms with Crippen molar-refractivity contribution in [2.75, 3.05) is 13.7 Å². The van der Waals surface area contributed by atoms with E-state index in [-0.39, 0.29) is 11.7 Å². The molecule has 0 aromatic heterocycles. The predicted molar refractivity (Wildman–Crippen MR) is 83.8 cm³/mol. The van der Waals surface area contributed by atoms with Gasteiger partial charge in [0.25, 0.3) is 0 Å². The summed E-state index contributed by atoms with van der Waals surface area (Å²) in [4.78, 5) is 13.1. The third-order valence-electron chi connectivity index (χ3n) is 4.09. The molecule has 0 aliphatic carbocycles. The Labute approximate surface area is 135 Å². The van der Waals surface area contributed by atoms with Crippen LogP contribution in [0.4, 0.5) is 0 Å². The fourth-order valence-corrected chi connectivity index (χ4v) is 2.93. The lowest BCUT2D eigenvalue weighted by Gasteiger charge is -2.39. The van der Waals surface area contributed by atoms with Gasteiger partial charge in [-0.15, -0.1) is 0 Å². The zero-order valence-corrected chi connectivity index (χ0v) is 13.5. The van der Waals surface area contributed by atoms with Crippen molar-refractivity contribution < 1.29 is 24.6 Å². The number of amidine groups is 1. The number of oxime groups is 1. The Morgan fingerprint density at radius 2 is 2.13 bits per heavy atom. The highest BCUT2D eigenvalue weighted by Crippen LogP contribution is 2.38. The number of esters is 1. The third-order valence-corrected chi connectivity index (χ3v) is 4.09. The molecule has 126 valence electrons. The lowest BCUT2D eigenvalue weighted by molar-refractivity contribution is -0.155. The maximum Gasteiger partial charge on any atom is 0.304 e. The smallest absolute Gasteiger partial charge is 0.304 e. The summed E-state index contributed by atoms with van der Waals surface area (Å²) < 4.78 is 10.6. The van der Waals surface area contributed by atoms with E-state index in [2.05, 4.69) is 5.16 Å². The quantitative estimate of drug-likeness (QED) is 0.292. The Bertz CT molecular complexity index is 602. The van der Waals surface area contributed by atoms with E-state index in [9.17, 15) is 9.90 Å². The third kappa shape index (κ3) is 3.85. The Hall–Kier alpha value is -2.44. The number of nitrogens with zero attached hydrogens (tertiary/aromatic N) is 2. The molecule has 1 saturated heterocycles. The SMILES string of the molecule is COc1ccc(O)c(C2CCN(/C(C)=N/O)C(OC(C)=O)C2)c1. The van der Waals surface area contributed by atoms with Gasteiger partial charge in [-0.3, -0.25) is 4.79 Å². The van der Waals surface area contributed by atoms with E-state index >= 15 is 0 Å². The largest absolute Gasteiger partial charge is 0.508 e. The van der Waals surface area contributed by atoms with Crippen LogP contribution in [0.2, 0.25) is 0 Å². The number of aromatic hydroxyl groups is 1. The Morgan fingerprint density at radius 1 is 1.39 bits per heavy atom. The van der Waals surface area contributed by atoms with Crippen LogP contribution in [0.1, 0.15) is 38.2 Å². The number of carbonyl (C=O) groups is 1. The summed E-state index contributed by atoms with van der Waals surface area (Å²) in [6.45, 7) is 3.55. The average molecular weight is 322 g/mol. The Morgan fingerprint density at radius 3 is 2.74 bits per heavy atom. The number of ether oxygens (including phenoxy) is 2. The number of piperidine rings is 1. The summed E-state index contributed by atoms with van der Waals surface area (Å²) >= 11 is 0. The highest BCUT2D eigenvalue weighted by molar-refractivity contribution is 5.79. The summed E-state index contributed by atoms with van der Waals surface area (Å²) in [5.41, 5.74) is 0.764. The monoisotopic (exact) mass is 322 g/mol. The van der Waals surface area contributed by atoms with Crippen molar-refractivity contribution in [3.05, 3.63) is 23.8 Å². The Kier molecular flexibility index (Phi) is 5.31. The number of phenolic OH excluding ortho intramolecular Hbond substituents is 1. The molecule has 2 atom stereocenters. The molecular formula is C16H22N2O5. The van der Waals surface area contributed by atoms with Crippen LogP contribution in [-0.4, -0.2) is 46.9 Å². The topological polar surface area (TPSA) is 91.6 Å². The first-order chi connectivity index (χ1) is 11.0. The van der Waals surface area contributed by atoms with E-state index in [4.69, 9.17) is 14.7 Å². The zero-order chi connectivity index (χ0) is 17.0. The van der Waals surface area contributed by atoms with Crippen molar-refractivity contribution in [2.24, 2.45) is 5.16 Å². The molecule has 2 rings (SSSR count). The van der Waals surface area contributed by atoms with Crippen LogP contribution in [0.15, 0.2) is 23.4 Å². The molecule has 7 heteroatoms. The second kappa shape index (κ2) is 7.21. The van der Waals surface area contributed by atoms with Crippen molar-refractivity contribution >= 4 is 11.8 Å². The van der Waals surface area contributed by atoms with Crippen LogP contribution < -0.4 is 4.74 Å². The van der Waals surface area contributed by atoms with E-state index < -0.39 is 12.2 Å². The van der Waals surface area contributed by atoms with Crippen LogP contribution >= 0.6 is 0 Å². The lowest BCUT2D eigenvalue weighted by Crippen LogP contribution is -2.46. The lowest BCUT2D eigenvalue weighted by atomic mass is 9.87. The maximum absolute atomic E-state index is 11.4. The summed E-state index contributed by atoms with van der Waals surface area (Å²) in [6, 6.07) is 5.09. The Balaban J connectivity index is 2.25. The van der Waals surface area contributed by atoms with Crippen LogP contribution in [0, 0.1) is 0 Å². The molecule has 1 aromatic rings. The average Bonchev–Trinajstić information content (AvgIpc) is 2.54. The molecule has 0 amide bonds. The first-order valence-corrected chi connectivity index (χ1v) is 7.45. The van der Waals surface area contributed by atoms with Gasteiger partial charge in [0.05, 0.1) is 7.11 Å². The number of phenols is 1. The molecule has 0 bridgehead atoms. The van der Waals surface area contributed by atoms with Crippen LogP contribution in [0.3, 0.4) is 0 Å². The van der Waals surface area contributed by atoms with Gasteiger partial charge in [-0.05, 0) is 37.5 Å². The summed E-state index contributed by atoms with van der Waals surface area (Å²) in [5.74, 6) is 0.860. The number of hydrogen-bond acceptors (Lipinski definition) is 6. The number of methoxy groups -OCH3 is 1. The minimum absolute atomic E-state index is 0.0113. The molecule has 1 aromatic carbocycles. The summed E-state index contributed by atoms with van der Waals surface area (Å²) in [7, 11) is 1.57. The van der Waals surface area contributed by atoms with Gasteiger partial charge in [-0.25, -0.2) is 0 Å². The molecule has 1 aliphatic heterocycles. The van der Waals surface area contributed by atoms with Crippen LogP contribution in [-0.2, 0) is 9.53 Å². The van der Waals surface area contributed by atoms with Gasteiger partial charge in [0.1, 0.15) is 17.3 Å². The van der Waals surface area contributed by atoms with E-state index in [1.165, 1.54) is 6.92 Å². The number of benzene rings is 1. The van der Waals surface area contributed by atoms with Crippen molar-refractivity contribution in [3.63, 3.8) is 0 Å². The van der Waals surface area contributed by atoms with E-state index in [1.807, 2.05) is 0 Å². The fourth-order valence-electron chi connectivity index (χ4n) is 2.93. The van der Waals surface area contributed by atoms with Gasteiger partial charge in [0.15, 0.2) is 6.23 Å². The molecule has 23 heavy (non-hydrogen) atoms. The van der Waals surface area contributed by atoms with E-state index in [0.717, 1.165) is 12.0 Å². The highest BCUT2D eigenvalue weighted by Gasteiger charge is 2.33. The molecule has 1 aliphatic rings. The molecule has 0 radical (unpaired) electrons. The summed E-state index contributed by atoms with van der Waals surface area (Å²) in [5, 5.41) is 22.3. The number of carbonyl (C=O) groups excluding carboxylic acids is 1. The second-order valence-electron chi connectivity index (χ2n) is 5.55. The van der Waals surface area contributed by atoms with Crippen molar-refractivity contribution in [1.82, 2.24) is 4.90 Å². The summed E-state index contributed by atoms with van der Waals surface area (Å²) in [6.07, 6.45) is 0.686. The van der Waals surface area contributed by atoms with Crippen molar-refractivity contribution in [2.45, 2.75) is 38.8 Å². The number of rotatable bonds is 3. The van der Waals surface area contributed by atoms with Crippen LogP contribution in [0.5, 0.6) is 11.5 Å². The van der Waals surface area contributed by atoms with E-state index in [1.54, 1.807) is 37.1 Å². The standard InChI is InChI=1S/C16H22N2O5/c1-10(17-21)18-7-6-12(8-16(18)23-11(2)19)14-9-13(22-3)4-5-15(14)20/h4-5,9,12,16,20-21H,6-8H2,1-3H3/b17-10+. The minimum Gasteiger partial charge on any atom is -0.508 e. The van der Waals surface area contributed by atoms with Crippen molar-refractivity contribution in [1.29, 1.82) is 0 Å². The molecule has 2 N–H and O–H groups in total. The second-order valence-corrected chi connectivity index (χ2v) is 5.55. The van der Waals surface area contributed by atoms with Gasteiger partial charge < -0.3 is 24.7 Å².